The van der Waals surface area contributed by atoms with Crippen molar-refractivity contribution in [3.63, 3.8) is 0 Å². The Hall–Kier alpha value is -1.39. The van der Waals surface area contributed by atoms with E-state index >= 15 is 0 Å². The number of carbonyl (C=O) groups excluding carboxylic acids is 1. The summed E-state index contributed by atoms with van der Waals surface area (Å²) in [7, 11) is 1.77. The van der Waals surface area contributed by atoms with Crippen molar-refractivity contribution in [1.29, 1.82) is 0 Å². The van der Waals surface area contributed by atoms with Crippen molar-refractivity contribution in [3.8, 4) is 0 Å². The molecule has 8 heteroatoms. The average molecular weight is 514 g/mol. The van der Waals surface area contributed by atoms with Gasteiger partial charge in [0.25, 0.3) is 0 Å². The largest absolute Gasteiger partial charge is 0.378 e. The van der Waals surface area contributed by atoms with Gasteiger partial charge in [-0.2, -0.15) is 0 Å². The summed E-state index contributed by atoms with van der Waals surface area (Å²) >= 11 is 0. The second-order valence-corrected chi connectivity index (χ2v) is 7.71. The molecule has 2 bridgehead atoms. The molecule has 7 nitrogen and oxygen atoms in total. The van der Waals surface area contributed by atoms with Crippen molar-refractivity contribution >= 4 is 35.8 Å². The van der Waals surface area contributed by atoms with E-state index in [9.17, 15) is 4.79 Å². The van der Waals surface area contributed by atoms with Crippen LogP contribution in [0.1, 0.15) is 30.7 Å². The second kappa shape index (κ2) is 10.6. The van der Waals surface area contributed by atoms with Gasteiger partial charge < -0.3 is 25.0 Å². The standard InChI is InChI=1S/C21H30N4O3.HI/c1-22-21(24-18-13-16-7-8-19(18)28-16)23-14-17(15-5-3-2-4-6-15)20(26)25-9-11-27-12-10-25;/h2-6,16-19H,7-14H2,1H3,(H2,22,23,24);1H. The van der Waals surface area contributed by atoms with Gasteiger partial charge in [-0.15, -0.1) is 24.0 Å². The van der Waals surface area contributed by atoms with Crippen LogP contribution in [0, 0.1) is 0 Å². The topological polar surface area (TPSA) is 75.2 Å². The monoisotopic (exact) mass is 514 g/mol. The first-order valence-corrected chi connectivity index (χ1v) is 10.3. The van der Waals surface area contributed by atoms with Gasteiger partial charge in [0.1, 0.15) is 0 Å². The van der Waals surface area contributed by atoms with Crippen molar-refractivity contribution in [2.45, 2.75) is 43.4 Å². The first-order valence-electron chi connectivity index (χ1n) is 10.3. The fraction of sp³-hybridized carbons (Fsp3) is 0.619. The number of benzene rings is 1. The zero-order valence-electron chi connectivity index (χ0n) is 16.9. The number of morpholine rings is 1. The molecule has 0 aliphatic carbocycles. The molecule has 3 saturated heterocycles. The van der Waals surface area contributed by atoms with Gasteiger partial charge in [-0.05, 0) is 24.8 Å². The number of hydrogen-bond donors (Lipinski definition) is 2. The number of fused-ring (bicyclic) bond motifs is 2. The van der Waals surface area contributed by atoms with Crippen LogP contribution in [-0.2, 0) is 14.3 Å². The predicted octanol–water partition coefficient (Wildman–Crippen LogP) is 1.73. The van der Waals surface area contributed by atoms with Gasteiger partial charge in [0.2, 0.25) is 5.91 Å². The number of rotatable bonds is 5. The molecule has 0 spiro atoms. The zero-order valence-corrected chi connectivity index (χ0v) is 19.2. The Morgan fingerprint density at radius 2 is 2.00 bits per heavy atom. The molecule has 0 saturated carbocycles. The molecule has 160 valence electrons. The highest BCUT2D eigenvalue weighted by Gasteiger charge is 2.41. The molecular formula is C21H31IN4O3. The maximum atomic E-state index is 13.2. The van der Waals surface area contributed by atoms with Crippen LogP contribution in [0.2, 0.25) is 0 Å². The quantitative estimate of drug-likeness (QED) is 0.356. The van der Waals surface area contributed by atoms with Gasteiger partial charge in [0.05, 0.1) is 37.4 Å². The van der Waals surface area contributed by atoms with Gasteiger partial charge in [0.15, 0.2) is 5.96 Å². The molecule has 3 aliphatic rings. The minimum absolute atomic E-state index is 0. The Balaban J connectivity index is 0.00000240. The number of aliphatic imine (C=N–C) groups is 1. The number of ether oxygens (including phenoxy) is 2. The number of halogens is 1. The van der Waals surface area contributed by atoms with Gasteiger partial charge in [0, 0.05) is 26.7 Å². The van der Waals surface area contributed by atoms with Gasteiger partial charge in [-0.25, -0.2) is 0 Å². The van der Waals surface area contributed by atoms with E-state index in [1.54, 1.807) is 7.05 Å². The van der Waals surface area contributed by atoms with Crippen LogP contribution < -0.4 is 10.6 Å². The lowest BCUT2D eigenvalue weighted by Gasteiger charge is -2.31. The average Bonchev–Trinajstić information content (AvgIpc) is 3.37. The van der Waals surface area contributed by atoms with E-state index in [1.807, 2.05) is 35.2 Å². The lowest BCUT2D eigenvalue weighted by atomic mass is 9.95. The van der Waals surface area contributed by atoms with E-state index in [1.165, 1.54) is 6.42 Å². The molecule has 0 radical (unpaired) electrons. The number of guanidine groups is 1. The van der Waals surface area contributed by atoms with E-state index in [0.717, 1.165) is 24.4 Å². The highest BCUT2D eigenvalue weighted by atomic mass is 127. The first-order chi connectivity index (χ1) is 13.7. The van der Waals surface area contributed by atoms with Gasteiger partial charge in [-0.3, -0.25) is 9.79 Å². The number of amides is 1. The fourth-order valence-corrected chi connectivity index (χ4v) is 4.40. The summed E-state index contributed by atoms with van der Waals surface area (Å²) in [4.78, 5) is 19.5. The van der Waals surface area contributed by atoms with Crippen LogP contribution in [0.15, 0.2) is 35.3 Å². The third-order valence-electron chi connectivity index (χ3n) is 5.95. The zero-order chi connectivity index (χ0) is 19.3. The van der Waals surface area contributed by atoms with E-state index in [2.05, 4.69) is 15.6 Å². The minimum atomic E-state index is -0.255. The summed E-state index contributed by atoms with van der Waals surface area (Å²) in [5, 5.41) is 6.87. The van der Waals surface area contributed by atoms with Gasteiger partial charge in [-0.1, -0.05) is 30.3 Å². The summed E-state index contributed by atoms with van der Waals surface area (Å²) in [5.41, 5.74) is 1.02. The third kappa shape index (κ3) is 5.40. The van der Waals surface area contributed by atoms with Crippen LogP contribution in [0.5, 0.6) is 0 Å². The van der Waals surface area contributed by atoms with Crippen LogP contribution in [0.4, 0.5) is 0 Å². The van der Waals surface area contributed by atoms with E-state index in [-0.39, 0.29) is 41.9 Å². The summed E-state index contributed by atoms with van der Waals surface area (Å²) in [6.45, 7) is 3.01. The molecule has 1 aromatic carbocycles. The van der Waals surface area contributed by atoms with Crippen LogP contribution in [-0.4, -0.2) is 74.9 Å². The Morgan fingerprint density at radius 3 is 2.62 bits per heavy atom. The maximum absolute atomic E-state index is 13.2. The van der Waals surface area contributed by atoms with Crippen molar-refractivity contribution in [3.05, 3.63) is 35.9 Å². The molecule has 3 heterocycles. The number of nitrogens with zero attached hydrogens (tertiary/aromatic N) is 2. The Bertz CT molecular complexity index is 696. The Labute approximate surface area is 189 Å². The van der Waals surface area contributed by atoms with Crippen LogP contribution in [0.25, 0.3) is 0 Å². The van der Waals surface area contributed by atoms with Gasteiger partial charge >= 0.3 is 0 Å². The molecule has 1 amide bonds. The van der Waals surface area contributed by atoms with Crippen molar-refractivity contribution in [2.24, 2.45) is 4.99 Å². The first kappa shape index (κ1) is 22.3. The fourth-order valence-electron chi connectivity index (χ4n) is 4.40. The summed E-state index contributed by atoms with van der Waals surface area (Å²) in [6, 6.07) is 10.3. The highest BCUT2D eigenvalue weighted by molar-refractivity contribution is 14.0. The normalized spacial score (nSPS) is 27.3. The smallest absolute Gasteiger partial charge is 0.232 e. The molecule has 29 heavy (non-hydrogen) atoms. The molecule has 1 aromatic rings. The van der Waals surface area contributed by atoms with Crippen LogP contribution >= 0.6 is 24.0 Å². The lowest BCUT2D eigenvalue weighted by Crippen LogP contribution is -2.50. The SMILES string of the molecule is CN=C(NCC(C(=O)N1CCOCC1)c1ccccc1)NC1CC2CCC1O2.I. The second-order valence-electron chi connectivity index (χ2n) is 7.71. The maximum Gasteiger partial charge on any atom is 0.232 e. The van der Waals surface area contributed by atoms with Crippen molar-refractivity contribution in [2.75, 3.05) is 39.9 Å². The highest BCUT2D eigenvalue weighted by Crippen LogP contribution is 2.34. The minimum Gasteiger partial charge on any atom is -0.378 e. The van der Waals surface area contributed by atoms with E-state index in [4.69, 9.17) is 9.47 Å². The molecule has 4 atom stereocenters. The van der Waals surface area contributed by atoms with Crippen LogP contribution in [0.3, 0.4) is 0 Å². The van der Waals surface area contributed by atoms with E-state index < -0.39 is 0 Å². The molecule has 0 aromatic heterocycles. The molecule has 3 aliphatic heterocycles. The van der Waals surface area contributed by atoms with E-state index in [0.29, 0.717) is 45.0 Å². The number of hydrogen-bond acceptors (Lipinski definition) is 4. The Kier molecular flexibility index (Phi) is 8.14. The molecule has 4 unspecified atom stereocenters. The predicted molar refractivity (Wildman–Crippen MR) is 123 cm³/mol. The molecule has 2 N–H and O–H groups in total. The Morgan fingerprint density at radius 1 is 1.24 bits per heavy atom. The lowest BCUT2D eigenvalue weighted by molar-refractivity contribution is -0.136. The summed E-state index contributed by atoms with van der Waals surface area (Å²) in [5.74, 6) is 0.617. The molecule has 4 rings (SSSR count). The number of carbonyl (C=O) groups is 1. The third-order valence-corrected chi connectivity index (χ3v) is 5.95. The number of nitrogens with one attached hydrogen (secondary N) is 2. The van der Waals surface area contributed by atoms with Crippen molar-refractivity contribution < 1.29 is 14.3 Å². The van der Waals surface area contributed by atoms with Crippen molar-refractivity contribution in [1.82, 2.24) is 15.5 Å². The summed E-state index contributed by atoms with van der Waals surface area (Å²) < 4.78 is 11.3. The molecule has 3 fully saturated rings. The summed E-state index contributed by atoms with van der Waals surface area (Å²) in [6.07, 6.45) is 3.98. The molecular weight excluding hydrogens is 483 g/mol.